The maximum absolute atomic E-state index is 12.5. The maximum atomic E-state index is 12.5. The molecule has 1 unspecified atom stereocenters. The van der Waals surface area contributed by atoms with Crippen molar-refractivity contribution in [2.45, 2.75) is 18.1 Å². The summed E-state index contributed by atoms with van der Waals surface area (Å²) in [4.78, 5) is 11.0. The van der Waals surface area contributed by atoms with Crippen molar-refractivity contribution in [2.75, 3.05) is 13.7 Å². The van der Waals surface area contributed by atoms with Crippen LogP contribution in [0, 0.1) is 0 Å². The fourth-order valence-corrected chi connectivity index (χ4v) is 1.61. The van der Waals surface area contributed by atoms with Gasteiger partial charge in [-0.25, -0.2) is 0 Å². The van der Waals surface area contributed by atoms with Crippen LogP contribution >= 0.6 is 11.6 Å². The van der Waals surface area contributed by atoms with Gasteiger partial charge in [0, 0.05) is 13.1 Å². The van der Waals surface area contributed by atoms with Crippen molar-refractivity contribution in [1.82, 2.24) is 5.32 Å². The van der Waals surface area contributed by atoms with E-state index in [9.17, 15) is 18.0 Å². The zero-order valence-electron chi connectivity index (χ0n) is 10.1. The molecule has 1 atom stereocenters. The molecule has 1 N–H and O–H groups in total. The second-order valence-electron chi connectivity index (χ2n) is 3.82. The summed E-state index contributed by atoms with van der Waals surface area (Å²) in [6, 6.07) is 4.94. The van der Waals surface area contributed by atoms with Crippen LogP contribution in [-0.2, 0) is 22.3 Å². The molecule has 106 valence electrons. The zero-order valence-corrected chi connectivity index (χ0v) is 10.9. The van der Waals surface area contributed by atoms with Gasteiger partial charge >= 0.3 is 12.1 Å². The number of hydrogen-bond donors (Lipinski definition) is 1. The van der Waals surface area contributed by atoms with E-state index >= 15 is 0 Å². The first-order valence-electron chi connectivity index (χ1n) is 5.43. The van der Waals surface area contributed by atoms with Crippen molar-refractivity contribution in [3.8, 4) is 0 Å². The summed E-state index contributed by atoms with van der Waals surface area (Å²) in [5.74, 6) is -0.585. The highest BCUT2D eigenvalue weighted by Crippen LogP contribution is 2.29. The number of esters is 1. The summed E-state index contributed by atoms with van der Waals surface area (Å²) in [6.45, 7) is 0.300. The van der Waals surface area contributed by atoms with Gasteiger partial charge in [0.15, 0.2) is 0 Å². The molecule has 0 saturated heterocycles. The second kappa shape index (κ2) is 6.77. The number of carbonyl (C=O) groups excluding carboxylic acids is 1. The fraction of sp³-hybridized carbons (Fsp3) is 0.417. The number of halogens is 4. The van der Waals surface area contributed by atoms with Crippen LogP contribution in [-0.4, -0.2) is 25.0 Å². The highest BCUT2D eigenvalue weighted by atomic mass is 35.5. The topological polar surface area (TPSA) is 38.3 Å². The number of hydrogen-bond acceptors (Lipinski definition) is 3. The summed E-state index contributed by atoms with van der Waals surface area (Å²) < 4.78 is 41.8. The van der Waals surface area contributed by atoms with Gasteiger partial charge in [-0.05, 0) is 11.6 Å². The number of nitrogens with one attached hydrogen (secondary N) is 1. The van der Waals surface area contributed by atoms with Gasteiger partial charge in [0.2, 0.25) is 0 Å². The Balaban J connectivity index is 2.53. The van der Waals surface area contributed by atoms with Gasteiger partial charge < -0.3 is 10.1 Å². The molecule has 0 aliphatic rings. The van der Waals surface area contributed by atoms with Gasteiger partial charge in [0.25, 0.3) is 0 Å². The number of benzene rings is 1. The van der Waals surface area contributed by atoms with Crippen molar-refractivity contribution in [3.63, 3.8) is 0 Å². The van der Waals surface area contributed by atoms with Gasteiger partial charge in [-0.15, -0.1) is 11.6 Å². The zero-order chi connectivity index (χ0) is 14.5. The molecule has 3 nitrogen and oxygen atoms in total. The van der Waals surface area contributed by atoms with Crippen molar-refractivity contribution < 1.29 is 22.7 Å². The summed E-state index contributed by atoms with van der Waals surface area (Å²) >= 11 is 5.68. The minimum Gasteiger partial charge on any atom is -0.468 e. The molecular weight excluding hydrogens is 283 g/mol. The molecule has 0 amide bonds. The Morgan fingerprint density at radius 1 is 1.47 bits per heavy atom. The molecular formula is C12H13ClF3NO2. The van der Waals surface area contributed by atoms with Gasteiger partial charge in [0.1, 0.15) is 5.38 Å². The summed E-state index contributed by atoms with van der Waals surface area (Å²) in [5.41, 5.74) is -0.245. The quantitative estimate of drug-likeness (QED) is 0.670. The lowest BCUT2D eigenvalue weighted by atomic mass is 10.1. The molecule has 0 fully saturated rings. The Morgan fingerprint density at radius 2 is 2.16 bits per heavy atom. The average molecular weight is 296 g/mol. The SMILES string of the molecule is COC(=O)C(Cl)CNCc1cccc(C(F)(F)F)c1. The predicted octanol–water partition coefficient (Wildman–Crippen LogP) is 2.58. The van der Waals surface area contributed by atoms with E-state index in [-0.39, 0.29) is 13.1 Å². The Hall–Kier alpha value is -1.27. The minimum absolute atomic E-state index is 0.116. The van der Waals surface area contributed by atoms with Crippen LogP contribution in [0.5, 0.6) is 0 Å². The Morgan fingerprint density at radius 3 is 2.74 bits per heavy atom. The third kappa shape index (κ3) is 5.08. The molecule has 0 bridgehead atoms. The first-order valence-corrected chi connectivity index (χ1v) is 5.87. The number of carbonyl (C=O) groups is 1. The highest BCUT2D eigenvalue weighted by Gasteiger charge is 2.30. The van der Waals surface area contributed by atoms with Crippen LogP contribution in [0.2, 0.25) is 0 Å². The third-order valence-corrected chi connectivity index (χ3v) is 2.70. The molecule has 19 heavy (non-hydrogen) atoms. The monoisotopic (exact) mass is 295 g/mol. The van der Waals surface area contributed by atoms with Crippen molar-refractivity contribution in [1.29, 1.82) is 0 Å². The Bertz CT molecular complexity index is 437. The van der Waals surface area contributed by atoms with E-state index in [0.29, 0.717) is 5.56 Å². The number of ether oxygens (including phenoxy) is 1. The highest BCUT2D eigenvalue weighted by molar-refractivity contribution is 6.30. The first-order chi connectivity index (χ1) is 8.84. The lowest BCUT2D eigenvalue weighted by Crippen LogP contribution is -2.29. The van der Waals surface area contributed by atoms with E-state index in [1.807, 2.05) is 0 Å². The van der Waals surface area contributed by atoms with Crippen molar-refractivity contribution in [3.05, 3.63) is 35.4 Å². The number of alkyl halides is 4. The third-order valence-electron chi connectivity index (χ3n) is 2.36. The molecule has 1 aromatic rings. The number of methoxy groups -OCH3 is 1. The standard InChI is InChI=1S/C12H13ClF3NO2/c1-19-11(18)10(13)7-17-6-8-3-2-4-9(5-8)12(14,15)16/h2-5,10,17H,6-7H2,1H3. The molecule has 0 radical (unpaired) electrons. The van der Waals surface area contributed by atoms with Crippen molar-refractivity contribution in [2.24, 2.45) is 0 Å². The van der Waals surface area contributed by atoms with Crippen LogP contribution < -0.4 is 5.32 Å². The molecule has 1 rings (SSSR count). The molecule has 1 aromatic carbocycles. The summed E-state index contributed by atoms with van der Waals surface area (Å²) in [6.07, 6.45) is -4.36. The van der Waals surface area contributed by atoms with Gasteiger partial charge in [-0.3, -0.25) is 4.79 Å². The van der Waals surface area contributed by atoms with E-state index in [2.05, 4.69) is 10.1 Å². The largest absolute Gasteiger partial charge is 0.468 e. The van der Waals surface area contributed by atoms with E-state index in [1.165, 1.54) is 13.2 Å². The van der Waals surface area contributed by atoms with Crippen LogP contribution in [0.1, 0.15) is 11.1 Å². The lowest BCUT2D eigenvalue weighted by molar-refractivity contribution is -0.140. The Labute approximate surface area is 113 Å². The fourth-order valence-electron chi connectivity index (χ4n) is 1.41. The minimum atomic E-state index is -4.36. The van der Waals surface area contributed by atoms with Crippen LogP contribution in [0.4, 0.5) is 13.2 Å². The number of rotatable bonds is 5. The molecule has 0 spiro atoms. The molecule has 0 aliphatic heterocycles. The van der Waals surface area contributed by atoms with E-state index < -0.39 is 23.1 Å². The van der Waals surface area contributed by atoms with E-state index in [0.717, 1.165) is 12.1 Å². The van der Waals surface area contributed by atoms with Gasteiger partial charge in [-0.1, -0.05) is 18.2 Å². The normalized spacial score (nSPS) is 13.1. The molecule has 0 saturated carbocycles. The van der Waals surface area contributed by atoms with E-state index in [4.69, 9.17) is 11.6 Å². The second-order valence-corrected chi connectivity index (χ2v) is 4.35. The summed E-state index contributed by atoms with van der Waals surface area (Å²) in [5, 5.41) is 1.93. The van der Waals surface area contributed by atoms with Crippen LogP contribution in [0.25, 0.3) is 0 Å². The molecule has 0 aromatic heterocycles. The lowest BCUT2D eigenvalue weighted by Gasteiger charge is -2.11. The summed E-state index contributed by atoms with van der Waals surface area (Å²) in [7, 11) is 1.21. The van der Waals surface area contributed by atoms with Crippen LogP contribution in [0.15, 0.2) is 24.3 Å². The average Bonchev–Trinajstić information content (AvgIpc) is 2.37. The predicted molar refractivity (Wildman–Crippen MR) is 64.8 cm³/mol. The van der Waals surface area contributed by atoms with Gasteiger partial charge in [-0.2, -0.15) is 13.2 Å². The Kier molecular flexibility index (Phi) is 5.62. The van der Waals surface area contributed by atoms with Crippen LogP contribution in [0.3, 0.4) is 0 Å². The molecule has 0 aliphatic carbocycles. The maximum Gasteiger partial charge on any atom is 0.416 e. The first kappa shape index (κ1) is 15.8. The van der Waals surface area contributed by atoms with Gasteiger partial charge in [0.05, 0.1) is 12.7 Å². The van der Waals surface area contributed by atoms with Crippen molar-refractivity contribution >= 4 is 17.6 Å². The smallest absolute Gasteiger partial charge is 0.416 e. The molecule has 7 heteroatoms. The van der Waals surface area contributed by atoms with E-state index in [1.54, 1.807) is 6.07 Å². The molecule has 0 heterocycles.